The first-order valence-corrected chi connectivity index (χ1v) is 9.80. The molecule has 3 rings (SSSR count). The van der Waals surface area contributed by atoms with Crippen LogP contribution in [0.5, 0.6) is 0 Å². The van der Waals surface area contributed by atoms with Crippen LogP contribution in [0.15, 0.2) is 47.8 Å². The van der Waals surface area contributed by atoms with Crippen LogP contribution < -0.4 is 0 Å². The molecule has 5 nitrogen and oxygen atoms in total. The van der Waals surface area contributed by atoms with E-state index in [1.165, 1.54) is 6.20 Å². The Kier molecular flexibility index (Phi) is 4.96. The highest BCUT2D eigenvalue weighted by molar-refractivity contribution is 7.89. The van der Waals surface area contributed by atoms with Crippen molar-refractivity contribution in [1.82, 2.24) is 14.3 Å². The van der Waals surface area contributed by atoms with Crippen molar-refractivity contribution in [3.63, 3.8) is 0 Å². The summed E-state index contributed by atoms with van der Waals surface area (Å²) in [7, 11) is -3.61. The lowest BCUT2D eigenvalue weighted by molar-refractivity contribution is 0.263. The number of aromatic nitrogens is 2. The fourth-order valence-corrected chi connectivity index (χ4v) is 5.00. The van der Waals surface area contributed by atoms with Crippen molar-refractivity contribution in [2.24, 2.45) is 5.92 Å². The van der Waals surface area contributed by atoms with Crippen molar-refractivity contribution >= 4 is 10.0 Å². The minimum atomic E-state index is -3.61. The molecule has 0 amide bonds. The van der Waals surface area contributed by atoms with Gasteiger partial charge in [0.05, 0.1) is 11.7 Å². The number of sulfonamides is 1. The van der Waals surface area contributed by atoms with E-state index in [0.29, 0.717) is 6.54 Å². The van der Waals surface area contributed by atoms with Gasteiger partial charge in [-0.15, -0.1) is 0 Å². The third-order valence-corrected chi connectivity index (χ3v) is 6.16. The molecule has 24 heavy (non-hydrogen) atoms. The minimum absolute atomic E-state index is 0.206. The quantitative estimate of drug-likeness (QED) is 0.835. The van der Waals surface area contributed by atoms with Crippen LogP contribution in [0.4, 0.5) is 0 Å². The van der Waals surface area contributed by atoms with E-state index in [-0.39, 0.29) is 16.9 Å². The van der Waals surface area contributed by atoms with E-state index in [0.717, 1.165) is 30.5 Å². The van der Waals surface area contributed by atoms with Gasteiger partial charge in [-0.1, -0.05) is 19.9 Å². The molecule has 1 aliphatic rings. The number of hydrogen-bond acceptors (Lipinski definition) is 4. The zero-order chi connectivity index (χ0) is 17.2. The maximum atomic E-state index is 13.2. The summed E-state index contributed by atoms with van der Waals surface area (Å²) in [4.78, 5) is 8.74. The number of rotatable bonds is 5. The molecule has 0 saturated carbocycles. The van der Waals surface area contributed by atoms with Crippen LogP contribution in [0.25, 0.3) is 0 Å². The zero-order valence-corrected chi connectivity index (χ0v) is 14.9. The lowest BCUT2D eigenvalue weighted by Gasteiger charge is -2.35. The second-order valence-corrected chi connectivity index (χ2v) is 8.50. The molecule has 1 atom stereocenters. The summed E-state index contributed by atoms with van der Waals surface area (Å²) in [6, 6.07) is 7.04. The Morgan fingerprint density at radius 1 is 1.25 bits per heavy atom. The van der Waals surface area contributed by atoms with E-state index in [1.807, 2.05) is 19.9 Å². The van der Waals surface area contributed by atoms with Crippen molar-refractivity contribution < 1.29 is 8.42 Å². The Bertz CT molecular complexity index is 791. The highest BCUT2D eigenvalue weighted by Crippen LogP contribution is 2.36. The first-order chi connectivity index (χ1) is 11.5. The van der Waals surface area contributed by atoms with Crippen molar-refractivity contribution in [2.75, 3.05) is 6.54 Å². The zero-order valence-electron chi connectivity index (χ0n) is 14.1. The van der Waals surface area contributed by atoms with Crippen molar-refractivity contribution in [1.29, 1.82) is 0 Å². The van der Waals surface area contributed by atoms with E-state index in [9.17, 15) is 8.42 Å². The molecule has 0 aromatic carbocycles. The van der Waals surface area contributed by atoms with Gasteiger partial charge in [0.25, 0.3) is 0 Å². The van der Waals surface area contributed by atoms with Crippen molar-refractivity contribution in [3.05, 3.63) is 54.1 Å². The highest BCUT2D eigenvalue weighted by Gasteiger charge is 2.36. The number of pyridine rings is 2. The van der Waals surface area contributed by atoms with Gasteiger partial charge < -0.3 is 0 Å². The summed E-state index contributed by atoms with van der Waals surface area (Å²) in [5.74, 6) is 0.227. The average molecular weight is 345 g/mol. The highest BCUT2D eigenvalue weighted by atomic mass is 32.2. The molecule has 0 spiro atoms. The predicted molar refractivity (Wildman–Crippen MR) is 92.9 cm³/mol. The Labute approximate surface area is 143 Å². The van der Waals surface area contributed by atoms with Gasteiger partial charge in [-0.3, -0.25) is 9.97 Å². The van der Waals surface area contributed by atoms with Gasteiger partial charge in [0.15, 0.2) is 0 Å². The van der Waals surface area contributed by atoms with E-state index in [2.05, 4.69) is 16.0 Å². The number of fused-ring (bicyclic) bond motifs is 1. The van der Waals surface area contributed by atoms with Crippen molar-refractivity contribution in [3.8, 4) is 0 Å². The molecule has 1 unspecified atom stereocenters. The first-order valence-electron chi connectivity index (χ1n) is 8.36. The summed E-state index contributed by atoms with van der Waals surface area (Å²) in [6.45, 7) is 4.54. The number of hydrogen-bond donors (Lipinski definition) is 0. The second-order valence-electron chi connectivity index (χ2n) is 6.61. The van der Waals surface area contributed by atoms with E-state index >= 15 is 0 Å². The fraction of sp³-hybridized carbons (Fsp3) is 0.444. The molecule has 2 heterocycles. The van der Waals surface area contributed by atoms with Gasteiger partial charge in [-0.25, -0.2) is 8.42 Å². The van der Waals surface area contributed by atoms with Crippen LogP contribution in [0.2, 0.25) is 0 Å². The number of nitrogens with zero attached hydrogens (tertiary/aromatic N) is 3. The largest absolute Gasteiger partial charge is 0.263 e. The van der Waals surface area contributed by atoms with Crippen LogP contribution in [-0.2, 0) is 16.4 Å². The van der Waals surface area contributed by atoms with Gasteiger partial charge in [-0.05, 0) is 48.9 Å². The second kappa shape index (κ2) is 6.99. The fourth-order valence-electron chi connectivity index (χ4n) is 3.25. The van der Waals surface area contributed by atoms with Crippen LogP contribution >= 0.6 is 0 Å². The van der Waals surface area contributed by atoms with Crippen molar-refractivity contribution in [2.45, 2.75) is 44.0 Å². The van der Waals surface area contributed by atoms with E-state index in [1.54, 1.807) is 28.8 Å². The molecule has 0 saturated heterocycles. The molecule has 6 heteroatoms. The Hall–Kier alpha value is -1.79. The van der Waals surface area contributed by atoms with Gasteiger partial charge >= 0.3 is 0 Å². The SMILES string of the molecule is CC(C)CN(C1CCCc2cccnc21)S(=O)(=O)c1cccnc1. The third-order valence-electron chi connectivity index (χ3n) is 4.30. The first kappa shape index (κ1) is 17.0. The summed E-state index contributed by atoms with van der Waals surface area (Å²) in [6.07, 6.45) is 7.49. The molecule has 0 bridgehead atoms. The topological polar surface area (TPSA) is 63.2 Å². The van der Waals surface area contributed by atoms with Gasteiger partial charge in [0.1, 0.15) is 4.90 Å². The predicted octanol–water partition coefficient (Wildman–Crippen LogP) is 3.20. The molecule has 1 aliphatic carbocycles. The van der Waals surface area contributed by atoms with Crippen LogP contribution in [-0.4, -0.2) is 29.2 Å². The van der Waals surface area contributed by atoms with Crippen LogP contribution in [0, 0.1) is 5.92 Å². The third kappa shape index (κ3) is 3.35. The minimum Gasteiger partial charge on any atom is -0.263 e. The monoisotopic (exact) mass is 345 g/mol. The van der Waals surface area contributed by atoms with E-state index in [4.69, 9.17) is 0 Å². The summed E-state index contributed by atoms with van der Waals surface area (Å²) < 4.78 is 28.1. The Morgan fingerprint density at radius 2 is 2.04 bits per heavy atom. The lowest BCUT2D eigenvalue weighted by atomic mass is 9.91. The van der Waals surface area contributed by atoms with Gasteiger partial charge in [-0.2, -0.15) is 4.31 Å². The molecule has 0 aliphatic heterocycles. The molecule has 2 aromatic heterocycles. The van der Waals surface area contributed by atoms with Gasteiger partial charge in [0.2, 0.25) is 10.0 Å². The molecular weight excluding hydrogens is 322 g/mol. The summed E-state index contributed by atoms with van der Waals surface area (Å²) in [5, 5.41) is 0. The Balaban J connectivity index is 2.06. The lowest BCUT2D eigenvalue weighted by Crippen LogP contribution is -2.39. The van der Waals surface area contributed by atoms with Crippen LogP contribution in [0.1, 0.15) is 44.0 Å². The Morgan fingerprint density at radius 3 is 2.75 bits per heavy atom. The molecule has 128 valence electrons. The number of aryl methyl sites for hydroxylation is 1. The summed E-state index contributed by atoms with van der Waals surface area (Å²) in [5.41, 5.74) is 2.06. The molecule has 0 radical (unpaired) electrons. The maximum Gasteiger partial charge on any atom is 0.245 e. The smallest absolute Gasteiger partial charge is 0.245 e. The standard InChI is InChI=1S/C18H23N3O2S/c1-14(2)13-21(24(22,23)16-8-5-10-19-12-16)17-9-3-6-15-7-4-11-20-18(15)17/h4-5,7-8,10-12,14,17H,3,6,9,13H2,1-2H3. The molecular formula is C18H23N3O2S. The normalized spacial score (nSPS) is 17.9. The van der Waals surface area contributed by atoms with Crippen LogP contribution in [0.3, 0.4) is 0 Å². The molecule has 0 fully saturated rings. The summed E-state index contributed by atoms with van der Waals surface area (Å²) >= 11 is 0. The molecule has 0 N–H and O–H groups in total. The average Bonchev–Trinajstić information content (AvgIpc) is 2.60. The van der Waals surface area contributed by atoms with Gasteiger partial charge in [0, 0.05) is 25.1 Å². The maximum absolute atomic E-state index is 13.2. The molecule has 2 aromatic rings. The van der Waals surface area contributed by atoms with E-state index < -0.39 is 10.0 Å².